The van der Waals surface area contributed by atoms with E-state index in [1.165, 1.54) is 19.6 Å². The average molecular weight is 371 g/mol. The van der Waals surface area contributed by atoms with Gasteiger partial charge in [0.15, 0.2) is 17.3 Å². The van der Waals surface area contributed by atoms with Gasteiger partial charge in [-0.15, -0.1) is 0 Å². The van der Waals surface area contributed by atoms with Gasteiger partial charge >= 0.3 is 0 Å². The number of aliphatic imine (C=N–C) groups is 1. The molecule has 0 radical (unpaired) electrons. The van der Waals surface area contributed by atoms with Crippen LogP contribution in [0.2, 0.25) is 5.02 Å². The first-order valence-corrected chi connectivity index (χ1v) is 8.00. The molecule has 0 unspecified atom stereocenters. The number of rotatable bonds is 5. The van der Waals surface area contributed by atoms with E-state index in [2.05, 4.69) is 10.3 Å². The third kappa shape index (κ3) is 3.87. The molecule has 2 aromatic carbocycles. The number of para-hydroxylation sites is 1. The highest BCUT2D eigenvalue weighted by atomic mass is 35.5. The molecule has 0 saturated heterocycles. The van der Waals surface area contributed by atoms with E-state index < -0.39 is 5.91 Å². The number of phenolic OH excluding ortho intramolecular Hbond substituents is 1. The second-order valence-corrected chi connectivity index (χ2v) is 5.66. The van der Waals surface area contributed by atoms with Crippen molar-refractivity contribution in [1.29, 1.82) is 0 Å². The Morgan fingerprint density at radius 2 is 2.12 bits per heavy atom. The van der Waals surface area contributed by atoms with Gasteiger partial charge in [0.25, 0.3) is 5.91 Å². The number of aromatic hydroxyl groups is 1. The number of carbonyl (C=O) groups excluding carboxylic acids is 1. The summed E-state index contributed by atoms with van der Waals surface area (Å²) in [6.07, 6.45) is 2.92. The second-order valence-electron chi connectivity index (χ2n) is 5.25. The zero-order chi connectivity index (χ0) is 18.5. The molecule has 0 aliphatic heterocycles. The number of ether oxygens (including phenoxy) is 1. The zero-order valence-electron chi connectivity index (χ0n) is 13.8. The number of carbonyl (C=O) groups is 1. The number of nitrogens with zero attached hydrogens (tertiary/aromatic N) is 1. The number of methoxy groups -OCH3 is 1. The van der Waals surface area contributed by atoms with E-state index in [1.807, 2.05) is 0 Å². The maximum absolute atomic E-state index is 12.0. The fraction of sp³-hybridized carbons (Fsp3) is 0.0526. The van der Waals surface area contributed by atoms with E-state index in [1.54, 1.807) is 48.5 Å². The normalized spacial score (nSPS) is 10.8. The minimum Gasteiger partial charge on any atom is -0.504 e. The number of halogens is 1. The molecular formula is C19H15ClN2O4. The van der Waals surface area contributed by atoms with E-state index in [4.69, 9.17) is 20.8 Å². The van der Waals surface area contributed by atoms with Crippen LogP contribution in [0.15, 0.2) is 64.2 Å². The first kappa shape index (κ1) is 17.6. The Morgan fingerprint density at radius 3 is 2.81 bits per heavy atom. The smallest absolute Gasteiger partial charge is 0.291 e. The van der Waals surface area contributed by atoms with Crippen LogP contribution in [-0.4, -0.2) is 24.3 Å². The Hall–Kier alpha value is -3.25. The molecule has 0 saturated carbocycles. The van der Waals surface area contributed by atoms with Crippen LogP contribution in [0.4, 0.5) is 11.4 Å². The number of hydrogen-bond acceptors (Lipinski definition) is 5. The Bertz CT molecular complexity index is 952. The molecule has 3 rings (SSSR count). The third-order valence-corrected chi connectivity index (χ3v) is 3.86. The van der Waals surface area contributed by atoms with E-state index in [0.717, 1.165) is 0 Å². The minimum absolute atomic E-state index is 0.00665. The molecule has 132 valence electrons. The number of hydrogen-bond donors (Lipinski definition) is 2. The van der Waals surface area contributed by atoms with Crippen molar-refractivity contribution in [3.63, 3.8) is 0 Å². The van der Waals surface area contributed by atoms with Crippen molar-refractivity contribution in [1.82, 2.24) is 0 Å². The topological polar surface area (TPSA) is 84.1 Å². The lowest BCUT2D eigenvalue weighted by molar-refractivity contribution is 0.0996. The van der Waals surface area contributed by atoms with Gasteiger partial charge in [-0.05, 0) is 42.5 Å². The predicted molar refractivity (Wildman–Crippen MR) is 100 cm³/mol. The summed E-state index contributed by atoms with van der Waals surface area (Å²) < 4.78 is 10.1. The van der Waals surface area contributed by atoms with Crippen LogP contribution in [0.25, 0.3) is 0 Å². The van der Waals surface area contributed by atoms with Gasteiger partial charge in [-0.2, -0.15) is 0 Å². The highest BCUT2D eigenvalue weighted by Gasteiger charge is 2.11. The van der Waals surface area contributed by atoms with Gasteiger partial charge in [0.1, 0.15) is 0 Å². The van der Waals surface area contributed by atoms with Crippen molar-refractivity contribution < 1.29 is 19.1 Å². The van der Waals surface area contributed by atoms with Crippen LogP contribution >= 0.6 is 11.6 Å². The number of nitrogens with one attached hydrogen (secondary N) is 1. The number of anilines is 1. The zero-order valence-corrected chi connectivity index (χ0v) is 14.5. The molecule has 1 heterocycles. The quantitative estimate of drug-likeness (QED) is 0.640. The van der Waals surface area contributed by atoms with E-state index >= 15 is 0 Å². The Kier molecular flexibility index (Phi) is 5.24. The highest BCUT2D eigenvalue weighted by molar-refractivity contribution is 6.34. The van der Waals surface area contributed by atoms with Gasteiger partial charge in [0.2, 0.25) is 0 Å². The first-order chi connectivity index (χ1) is 12.6. The Balaban J connectivity index is 1.76. The van der Waals surface area contributed by atoms with Crippen LogP contribution in [0.1, 0.15) is 16.1 Å². The number of benzene rings is 2. The van der Waals surface area contributed by atoms with E-state index in [-0.39, 0.29) is 11.5 Å². The van der Waals surface area contributed by atoms with Crippen molar-refractivity contribution in [3.8, 4) is 11.5 Å². The fourth-order valence-electron chi connectivity index (χ4n) is 2.23. The van der Waals surface area contributed by atoms with E-state index in [9.17, 15) is 9.90 Å². The highest BCUT2D eigenvalue weighted by Crippen LogP contribution is 2.30. The van der Waals surface area contributed by atoms with Crippen LogP contribution in [0.5, 0.6) is 11.5 Å². The van der Waals surface area contributed by atoms with Crippen LogP contribution in [0, 0.1) is 0 Å². The molecule has 0 fully saturated rings. The molecule has 0 aliphatic rings. The summed E-state index contributed by atoms with van der Waals surface area (Å²) in [4.78, 5) is 16.3. The van der Waals surface area contributed by atoms with Crippen molar-refractivity contribution in [3.05, 3.63) is 71.1 Å². The van der Waals surface area contributed by atoms with E-state index in [0.29, 0.717) is 27.7 Å². The molecule has 0 aliphatic carbocycles. The number of amides is 1. The minimum atomic E-state index is -0.394. The summed E-state index contributed by atoms with van der Waals surface area (Å²) in [6, 6.07) is 13.2. The summed E-state index contributed by atoms with van der Waals surface area (Å²) in [7, 11) is 1.48. The van der Waals surface area contributed by atoms with Gasteiger partial charge < -0.3 is 19.6 Å². The maximum atomic E-state index is 12.0. The van der Waals surface area contributed by atoms with Gasteiger partial charge in [-0.25, -0.2) is 0 Å². The number of furan rings is 1. The van der Waals surface area contributed by atoms with Crippen LogP contribution in [-0.2, 0) is 0 Å². The summed E-state index contributed by atoms with van der Waals surface area (Å²) in [5.74, 6) is 0.168. The van der Waals surface area contributed by atoms with Gasteiger partial charge in [0, 0.05) is 11.8 Å². The van der Waals surface area contributed by atoms with Crippen molar-refractivity contribution >= 4 is 35.1 Å². The van der Waals surface area contributed by atoms with Crippen molar-refractivity contribution in [2.75, 3.05) is 12.4 Å². The molecule has 0 spiro atoms. The first-order valence-electron chi connectivity index (χ1n) is 7.63. The standard InChI is InChI=1S/C19H15ClN2O4/c1-25-16-5-2-4-12(18(16)23)11-21-13-7-8-15(14(20)10-13)22-19(24)17-6-3-9-26-17/h2-11,23H,1H3,(H,22,24). The lowest BCUT2D eigenvalue weighted by Gasteiger charge is -2.07. The lowest BCUT2D eigenvalue weighted by atomic mass is 10.2. The second kappa shape index (κ2) is 7.76. The average Bonchev–Trinajstić information content (AvgIpc) is 3.18. The molecule has 0 bridgehead atoms. The summed E-state index contributed by atoms with van der Waals surface area (Å²) in [6.45, 7) is 0. The molecular weight excluding hydrogens is 356 g/mol. The summed E-state index contributed by atoms with van der Waals surface area (Å²) in [5.41, 5.74) is 1.51. The van der Waals surface area contributed by atoms with Crippen LogP contribution in [0.3, 0.4) is 0 Å². The molecule has 1 amide bonds. The van der Waals surface area contributed by atoms with Gasteiger partial charge in [0.05, 0.1) is 29.8 Å². The molecule has 0 atom stereocenters. The maximum Gasteiger partial charge on any atom is 0.291 e. The van der Waals surface area contributed by atoms with Crippen molar-refractivity contribution in [2.45, 2.75) is 0 Å². The summed E-state index contributed by atoms with van der Waals surface area (Å²) in [5, 5.41) is 13.0. The molecule has 3 aromatic rings. The Morgan fingerprint density at radius 1 is 1.27 bits per heavy atom. The number of phenols is 1. The van der Waals surface area contributed by atoms with Gasteiger partial charge in [-0.1, -0.05) is 17.7 Å². The fourth-order valence-corrected chi connectivity index (χ4v) is 2.45. The SMILES string of the molecule is COc1cccc(C=Nc2ccc(NC(=O)c3ccco3)c(Cl)c2)c1O. The van der Waals surface area contributed by atoms with Crippen LogP contribution < -0.4 is 10.1 Å². The molecule has 6 nitrogen and oxygen atoms in total. The molecule has 1 aromatic heterocycles. The van der Waals surface area contributed by atoms with Gasteiger partial charge in [-0.3, -0.25) is 9.79 Å². The Labute approximate surface area is 154 Å². The monoisotopic (exact) mass is 370 g/mol. The van der Waals surface area contributed by atoms with Crippen molar-refractivity contribution in [2.24, 2.45) is 4.99 Å². The third-order valence-electron chi connectivity index (χ3n) is 3.55. The summed E-state index contributed by atoms with van der Waals surface area (Å²) >= 11 is 6.21. The lowest BCUT2D eigenvalue weighted by Crippen LogP contribution is -2.10. The predicted octanol–water partition coefficient (Wildman–Crippen LogP) is 4.65. The molecule has 26 heavy (non-hydrogen) atoms. The largest absolute Gasteiger partial charge is 0.504 e. The molecule has 2 N–H and O–H groups in total. The molecule has 7 heteroatoms.